The molecule has 0 saturated heterocycles. The smallest absolute Gasteiger partial charge is 0.550 e. The van der Waals surface area contributed by atoms with Crippen molar-refractivity contribution in [1.82, 2.24) is 0 Å². The Hall–Kier alpha value is 0.760. The molecule has 3 N–H and O–H groups in total. The van der Waals surface area contributed by atoms with Crippen LogP contribution in [0.15, 0.2) is 0 Å². The van der Waals surface area contributed by atoms with Crippen molar-refractivity contribution >= 4 is 23.9 Å². The minimum atomic E-state index is -2.97. The molecule has 0 aromatic heterocycles. The number of aliphatic carboxylic acids is 3. The van der Waals surface area contributed by atoms with E-state index in [2.05, 4.69) is 6.92 Å². The van der Waals surface area contributed by atoms with Crippen LogP contribution in [0.25, 0.3) is 0 Å². The summed E-state index contributed by atoms with van der Waals surface area (Å²) >= 11 is 0. The van der Waals surface area contributed by atoms with Gasteiger partial charge in [-0.25, -0.2) is 0 Å². The number of esters is 1. The maximum atomic E-state index is 11.4. The largest absolute Gasteiger partial charge is 1.00 e. The molecule has 0 aliphatic rings. The Morgan fingerprint density at radius 3 is 1.32 bits per heavy atom. The second kappa shape index (κ2) is 35.2. The predicted molar refractivity (Wildman–Crippen MR) is 133 cm³/mol. The molecular weight excluding hydrogens is 569 g/mol. The number of aliphatic hydroxyl groups is 3. The Morgan fingerprint density at radius 2 is 1.02 bits per heavy atom. The molecule has 0 aromatic carbocycles. The van der Waals surface area contributed by atoms with Gasteiger partial charge in [-0.2, -0.15) is 0 Å². The Bertz CT molecular complexity index is 636. The van der Waals surface area contributed by atoms with Crippen LogP contribution in [-0.2, 0) is 23.9 Å². The zero-order valence-corrected chi connectivity index (χ0v) is 31.8. The third kappa shape index (κ3) is 36.9. The Balaban J connectivity index is -0.000000231. The number of unbranched alkanes of at least 4 members (excludes halogenated alkanes) is 14. The maximum absolute atomic E-state index is 11.4. The average molecular weight is 617 g/mol. The van der Waals surface area contributed by atoms with E-state index in [9.17, 15) is 34.5 Å². The van der Waals surface area contributed by atoms with Gasteiger partial charge in [0.05, 0.1) is 12.6 Å². The molecule has 0 aromatic rings. The first kappa shape index (κ1) is 51.3. The summed E-state index contributed by atoms with van der Waals surface area (Å²) in [4.78, 5) is 41.4. The van der Waals surface area contributed by atoms with Gasteiger partial charge < -0.3 is 49.8 Å². The van der Waals surface area contributed by atoms with Crippen LogP contribution in [0.1, 0.15) is 122 Å². The van der Waals surface area contributed by atoms with E-state index in [4.69, 9.17) is 20.1 Å². The van der Waals surface area contributed by atoms with Crippen molar-refractivity contribution < 1.29 is 143 Å². The van der Waals surface area contributed by atoms with Crippen LogP contribution < -0.4 is 104 Å². The van der Waals surface area contributed by atoms with Crippen LogP contribution in [0.5, 0.6) is 0 Å². The average Bonchev–Trinajstić information content (AvgIpc) is 2.84. The summed E-state index contributed by atoms with van der Waals surface area (Å²) in [6.45, 7) is 1.79. The summed E-state index contributed by atoms with van der Waals surface area (Å²) in [6.07, 6.45) is 16.3. The van der Waals surface area contributed by atoms with Crippen LogP contribution >= 0.6 is 0 Å². The Labute approximate surface area is 311 Å². The summed E-state index contributed by atoms with van der Waals surface area (Å²) < 4.78 is 4.86. The standard InChI is InChI=1S/C21H42O4.C6H8O7.3Na/c1-2-3-4-5-6-7-8-9-10-11-12-13-14-15-16-17-21(24)25-19-20(23)18-22;7-3(8)1-6(13,5(11)12)2-4(9)10;;;/h20,22-23H,2-19H2,1H3;13H,1-2H2,(H,7,8)(H,9,10)(H,11,12);;;/q;;3*+1/p-3. The first-order valence-corrected chi connectivity index (χ1v) is 13.8. The number of carboxylic acids is 3. The van der Waals surface area contributed by atoms with E-state index < -0.39 is 42.5 Å². The molecule has 224 valence electrons. The first-order valence-electron chi connectivity index (χ1n) is 13.8. The molecule has 0 aliphatic carbocycles. The predicted octanol–water partition coefficient (Wildman–Crippen LogP) is -9.10. The Kier molecular flexibility index (Phi) is 44.1. The van der Waals surface area contributed by atoms with E-state index in [-0.39, 0.29) is 108 Å². The molecule has 0 saturated carbocycles. The molecule has 0 rings (SSSR count). The summed E-state index contributed by atoms with van der Waals surface area (Å²) in [6, 6.07) is 0. The topological polar surface area (TPSA) is 207 Å². The van der Waals surface area contributed by atoms with Crippen LogP contribution in [0, 0.1) is 0 Å². The summed E-state index contributed by atoms with van der Waals surface area (Å²) in [7, 11) is 0. The molecule has 41 heavy (non-hydrogen) atoms. The number of ether oxygens (including phenoxy) is 1. The van der Waals surface area contributed by atoms with Crippen molar-refractivity contribution in [3.8, 4) is 0 Å². The van der Waals surface area contributed by atoms with Crippen molar-refractivity contribution in [2.24, 2.45) is 0 Å². The van der Waals surface area contributed by atoms with Crippen LogP contribution in [-0.4, -0.2) is 64.1 Å². The minimum absolute atomic E-state index is 0. The fourth-order valence-corrected chi connectivity index (χ4v) is 3.64. The molecule has 0 bridgehead atoms. The number of carbonyl (C=O) groups excluding carboxylic acids is 4. The zero-order valence-electron chi connectivity index (χ0n) is 25.8. The van der Waals surface area contributed by atoms with E-state index >= 15 is 0 Å². The van der Waals surface area contributed by atoms with Crippen molar-refractivity contribution in [2.45, 2.75) is 134 Å². The number of carboxylic acid groups (broad SMARTS) is 3. The molecular formula is C27H47Na3O11. The fraction of sp³-hybridized carbons (Fsp3) is 0.852. The number of aliphatic hydroxyl groups excluding tert-OH is 2. The number of hydrogen-bond donors (Lipinski definition) is 3. The normalized spacial score (nSPS) is 10.9. The summed E-state index contributed by atoms with van der Waals surface area (Å²) in [5.41, 5.74) is -2.97. The monoisotopic (exact) mass is 616 g/mol. The molecule has 11 nitrogen and oxygen atoms in total. The third-order valence-corrected chi connectivity index (χ3v) is 5.89. The second-order valence-corrected chi connectivity index (χ2v) is 9.64. The van der Waals surface area contributed by atoms with Crippen LogP contribution in [0.2, 0.25) is 0 Å². The van der Waals surface area contributed by atoms with Gasteiger partial charge in [-0.05, 0) is 6.42 Å². The number of rotatable bonds is 24. The van der Waals surface area contributed by atoms with Crippen molar-refractivity contribution in [3.05, 3.63) is 0 Å². The maximum Gasteiger partial charge on any atom is 1.00 e. The Morgan fingerprint density at radius 1 is 0.683 bits per heavy atom. The molecule has 0 radical (unpaired) electrons. The van der Waals surface area contributed by atoms with Crippen molar-refractivity contribution in [3.63, 3.8) is 0 Å². The quantitative estimate of drug-likeness (QED) is 0.0527. The molecule has 0 heterocycles. The summed E-state index contributed by atoms with van der Waals surface area (Å²) in [5, 5.41) is 56.6. The van der Waals surface area contributed by atoms with E-state index in [0.29, 0.717) is 6.42 Å². The SMILES string of the molecule is CCCCCCCCCCCCCCCCCC(=O)OCC(O)CO.O=C([O-])CC(O)(CC(=O)[O-])C(=O)[O-].[Na+].[Na+].[Na+]. The third-order valence-electron chi connectivity index (χ3n) is 5.89. The zero-order chi connectivity index (χ0) is 29.2. The molecule has 0 aliphatic heterocycles. The van der Waals surface area contributed by atoms with Gasteiger partial charge in [-0.3, -0.25) is 4.79 Å². The fourth-order valence-electron chi connectivity index (χ4n) is 3.64. The van der Waals surface area contributed by atoms with Gasteiger partial charge in [-0.15, -0.1) is 0 Å². The van der Waals surface area contributed by atoms with E-state index in [1.807, 2.05) is 0 Å². The minimum Gasteiger partial charge on any atom is -0.550 e. The van der Waals surface area contributed by atoms with Gasteiger partial charge in [0.2, 0.25) is 0 Å². The first-order chi connectivity index (χ1) is 18.0. The van der Waals surface area contributed by atoms with Crippen LogP contribution in [0.3, 0.4) is 0 Å². The van der Waals surface area contributed by atoms with Gasteiger partial charge in [0.25, 0.3) is 0 Å². The molecule has 14 heteroatoms. The number of carbonyl (C=O) groups is 4. The van der Waals surface area contributed by atoms with E-state index in [0.717, 1.165) is 12.8 Å². The molecule has 1 unspecified atom stereocenters. The molecule has 1 atom stereocenters. The van der Waals surface area contributed by atoms with E-state index in [1.54, 1.807) is 0 Å². The van der Waals surface area contributed by atoms with Crippen LogP contribution in [0.4, 0.5) is 0 Å². The van der Waals surface area contributed by atoms with Gasteiger partial charge in [0.15, 0.2) is 0 Å². The number of hydrogen-bond acceptors (Lipinski definition) is 11. The van der Waals surface area contributed by atoms with Crippen molar-refractivity contribution in [2.75, 3.05) is 13.2 Å². The second-order valence-electron chi connectivity index (χ2n) is 9.64. The van der Waals surface area contributed by atoms with Gasteiger partial charge in [0, 0.05) is 31.2 Å². The summed E-state index contributed by atoms with van der Waals surface area (Å²) in [5.74, 6) is -6.26. The molecule has 0 spiro atoms. The van der Waals surface area contributed by atoms with Crippen molar-refractivity contribution in [1.29, 1.82) is 0 Å². The van der Waals surface area contributed by atoms with Gasteiger partial charge in [0.1, 0.15) is 18.3 Å². The van der Waals surface area contributed by atoms with Gasteiger partial charge in [-0.1, -0.05) is 96.8 Å². The van der Waals surface area contributed by atoms with Gasteiger partial charge >= 0.3 is 94.6 Å². The molecule has 0 fully saturated rings. The van der Waals surface area contributed by atoms with E-state index in [1.165, 1.54) is 83.5 Å². The molecule has 0 amide bonds.